The Hall–Kier alpha value is -0.830. The van der Waals surface area contributed by atoms with Gasteiger partial charge in [0.1, 0.15) is 0 Å². The van der Waals surface area contributed by atoms with E-state index in [0.717, 1.165) is 18.7 Å². The fourth-order valence-corrected chi connectivity index (χ4v) is 3.53. The van der Waals surface area contributed by atoms with Crippen LogP contribution in [-0.2, 0) is 13.0 Å². The standard InChI is InChI=1S/C15H27N3/c1-4-13-8-6-7-9-15(13,16)11-14-10-12(3)17-18(14)5-2/h10,13H,4-9,11,16H2,1-3H3. The number of aromatic nitrogens is 2. The van der Waals surface area contributed by atoms with E-state index >= 15 is 0 Å². The predicted molar refractivity (Wildman–Crippen MR) is 75.5 cm³/mol. The van der Waals surface area contributed by atoms with Crippen LogP contribution in [-0.4, -0.2) is 15.3 Å². The number of rotatable bonds is 4. The second-order valence-corrected chi connectivity index (χ2v) is 5.85. The Balaban J connectivity index is 2.19. The SMILES string of the molecule is CCC1CCCCC1(N)Cc1cc(C)nn1CC. The van der Waals surface area contributed by atoms with Crippen molar-refractivity contribution in [2.45, 2.75) is 71.4 Å². The van der Waals surface area contributed by atoms with Gasteiger partial charge in [0.05, 0.1) is 5.69 Å². The summed E-state index contributed by atoms with van der Waals surface area (Å²) in [6.07, 6.45) is 7.29. The van der Waals surface area contributed by atoms with E-state index in [1.807, 2.05) is 0 Å². The summed E-state index contributed by atoms with van der Waals surface area (Å²) in [5.41, 5.74) is 9.16. The fraction of sp³-hybridized carbons (Fsp3) is 0.800. The molecule has 0 spiro atoms. The largest absolute Gasteiger partial charge is 0.324 e. The van der Waals surface area contributed by atoms with Crippen LogP contribution in [0.2, 0.25) is 0 Å². The van der Waals surface area contributed by atoms with Crippen molar-refractivity contribution in [1.29, 1.82) is 0 Å². The molecule has 3 nitrogen and oxygen atoms in total. The van der Waals surface area contributed by atoms with E-state index in [1.54, 1.807) is 0 Å². The highest BCUT2D eigenvalue weighted by Crippen LogP contribution is 2.36. The first-order valence-corrected chi connectivity index (χ1v) is 7.41. The van der Waals surface area contributed by atoms with Gasteiger partial charge in [-0.25, -0.2) is 0 Å². The van der Waals surface area contributed by atoms with Crippen LogP contribution in [0.4, 0.5) is 0 Å². The second-order valence-electron chi connectivity index (χ2n) is 5.85. The number of hydrogen-bond donors (Lipinski definition) is 1. The normalized spacial score (nSPS) is 28.6. The third kappa shape index (κ3) is 2.61. The van der Waals surface area contributed by atoms with E-state index in [1.165, 1.54) is 37.8 Å². The molecule has 1 saturated carbocycles. The van der Waals surface area contributed by atoms with Crippen LogP contribution in [0.25, 0.3) is 0 Å². The fourth-order valence-electron chi connectivity index (χ4n) is 3.53. The van der Waals surface area contributed by atoms with Crippen LogP contribution in [0.3, 0.4) is 0 Å². The highest BCUT2D eigenvalue weighted by atomic mass is 15.3. The van der Waals surface area contributed by atoms with Crippen LogP contribution >= 0.6 is 0 Å². The molecule has 1 aliphatic carbocycles. The average molecular weight is 249 g/mol. The molecule has 2 N–H and O–H groups in total. The Morgan fingerprint density at radius 2 is 2.22 bits per heavy atom. The minimum Gasteiger partial charge on any atom is -0.324 e. The summed E-state index contributed by atoms with van der Waals surface area (Å²) in [5.74, 6) is 0.673. The topological polar surface area (TPSA) is 43.8 Å². The summed E-state index contributed by atoms with van der Waals surface area (Å²) in [6, 6.07) is 2.21. The number of aryl methyl sites for hydroxylation is 2. The van der Waals surface area contributed by atoms with E-state index in [2.05, 4.69) is 36.6 Å². The molecule has 0 amide bonds. The molecule has 3 heteroatoms. The first-order valence-electron chi connectivity index (χ1n) is 7.41. The minimum atomic E-state index is -0.00755. The van der Waals surface area contributed by atoms with Crippen molar-refractivity contribution in [2.24, 2.45) is 11.7 Å². The summed E-state index contributed by atoms with van der Waals surface area (Å²) >= 11 is 0. The van der Waals surface area contributed by atoms with Gasteiger partial charge >= 0.3 is 0 Å². The van der Waals surface area contributed by atoms with Gasteiger partial charge in [-0.3, -0.25) is 4.68 Å². The molecule has 18 heavy (non-hydrogen) atoms. The molecule has 0 saturated heterocycles. The van der Waals surface area contributed by atoms with Gasteiger partial charge in [-0.05, 0) is 38.7 Å². The molecule has 0 aromatic carbocycles. The van der Waals surface area contributed by atoms with Gasteiger partial charge in [0.15, 0.2) is 0 Å². The number of nitrogens with zero attached hydrogens (tertiary/aromatic N) is 2. The van der Waals surface area contributed by atoms with Gasteiger partial charge in [0, 0.05) is 24.2 Å². The average Bonchev–Trinajstić information content (AvgIpc) is 2.69. The Morgan fingerprint density at radius 3 is 2.89 bits per heavy atom. The molecule has 1 aromatic heterocycles. The quantitative estimate of drug-likeness (QED) is 0.891. The lowest BCUT2D eigenvalue weighted by molar-refractivity contribution is 0.179. The lowest BCUT2D eigenvalue weighted by Gasteiger charge is -2.41. The Labute approximate surface area is 111 Å². The molecule has 1 aliphatic rings. The predicted octanol–water partition coefficient (Wildman–Crippen LogP) is 3.05. The lowest BCUT2D eigenvalue weighted by atomic mass is 9.70. The molecule has 0 radical (unpaired) electrons. The van der Waals surface area contributed by atoms with Crippen LogP contribution in [0.15, 0.2) is 6.07 Å². The summed E-state index contributed by atoms with van der Waals surface area (Å²) < 4.78 is 2.12. The van der Waals surface area contributed by atoms with Crippen molar-refractivity contribution in [1.82, 2.24) is 9.78 Å². The summed E-state index contributed by atoms with van der Waals surface area (Å²) in [5, 5.41) is 4.54. The van der Waals surface area contributed by atoms with Crippen LogP contribution in [0.1, 0.15) is 57.3 Å². The Bertz CT molecular complexity index is 396. The summed E-state index contributed by atoms with van der Waals surface area (Å²) in [4.78, 5) is 0. The van der Waals surface area contributed by atoms with Crippen LogP contribution in [0.5, 0.6) is 0 Å². The van der Waals surface area contributed by atoms with E-state index < -0.39 is 0 Å². The molecule has 0 bridgehead atoms. The maximum atomic E-state index is 6.74. The van der Waals surface area contributed by atoms with Gasteiger partial charge in [0.2, 0.25) is 0 Å². The molecule has 1 aromatic rings. The zero-order chi connectivity index (χ0) is 13.2. The molecule has 2 rings (SSSR count). The maximum absolute atomic E-state index is 6.74. The van der Waals surface area contributed by atoms with E-state index in [0.29, 0.717) is 5.92 Å². The van der Waals surface area contributed by atoms with Crippen molar-refractivity contribution in [3.63, 3.8) is 0 Å². The first-order chi connectivity index (χ1) is 8.59. The number of nitrogens with two attached hydrogens (primary N) is 1. The molecule has 1 fully saturated rings. The zero-order valence-corrected chi connectivity index (χ0v) is 12.1. The highest BCUT2D eigenvalue weighted by molar-refractivity contribution is 5.14. The van der Waals surface area contributed by atoms with Crippen molar-refractivity contribution in [3.05, 3.63) is 17.5 Å². The number of hydrogen-bond acceptors (Lipinski definition) is 2. The molecular weight excluding hydrogens is 222 g/mol. The second kappa shape index (κ2) is 5.43. The molecule has 102 valence electrons. The molecule has 2 atom stereocenters. The van der Waals surface area contributed by atoms with E-state index in [9.17, 15) is 0 Å². The third-order valence-corrected chi connectivity index (χ3v) is 4.55. The zero-order valence-electron chi connectivity index (χ0n) is 12.1. The van der Waals surface area contributed by atoms with Crippen molar-refractivity contribution in [3.8, 4) is 0 Å². The van der Waals surface area contributed by atoms with Gasteiger partial charge < -0.3 is 5.73 Å². The maximum Gasteiger partial charge on any atom is 0.0596 e. The van der Waals surface area contributed by atoms with Gasteiger partial charge in [-0.2, -0.15) is 5.10 Å². The van der Waals surface area contributed by atoms with Crippen molar-refractivity contribution < 1.29 is 0 Å². The van der Waals surface area contributed by atoms with E-state index in [4.69, 9.17) is 5.73 Å². The Kier molecular flexibility index (Phi) is 4.10. The molecule has 2 unspecified atom stereocenters. The lowest BCUT2D eigenvalue weighted by Crippen LogP contribution is -2.51. The smallest absolute Gasteiger partial charge is 0.0596 e. The molecule has 0 aliphatic heterocycles. The van der Waals surface area contributed by atoms with Gasteiger partial charge in [-0.15, -0.1) is 0 Å². The molecular formula is C15H27N3. The monoisotopic (exact) mass is 249 g/mol. The van der Waals surface area contributed by atoms with Gasteiger partial charge in [0.25, 0.3) is 0 Å². The van der Waals surface area contributed by atoms with Crippen molar-refractivity contribution in [2.75, 3.05) is 0 Å². The van der Waals surface area contributed by atoms with Gasteiger partial charge in [-0.1, -0.05) is 26.2 Å². The van der Waals surface area contributed by atoms with Crippen LogP contribution in [0, 0.1) is 12.8 Å². The summed E-state index contributed by atoms with van der Waals surface area (Å²) in [7, 11) is 0. The third-order valence-electron chi connectivity index (χ3n) is 4.55. The van der Waals surface area contributed by atoms with Crippen molar-refractivity contribution >= 4 is 0 Å². The summed E-state index contributed by atoms with van der Waals surface area (Å²) in [6.45, 7) is 7.43. The minimum absolute atomic E-state index is 0.00755. The Morgan fingerprint density at radius 1 is 1.44 bits per heavy atom. The van der Waals surface area contributed by atoms with E-state index in [-0.39, 0.29) is 5.54 Å². The van der Waals surface area contributed by atoms with Crippen LogP contribution < -0.4 is 5.73 Å². The molecule has 1 heterocycles. The first kappa shape index (κ1) is 13.6. The highest BCUT2D eigenvalue weighted by Gasteiger charge is 2.36.